The summed E-state index contributed by atoms with van der Waals surface area (Å²) in [7, 11) is 0. The Bertz CT molecular complexity index is 1470. The van der Waals surface area contributed by atoms with Gasteiger partial charge in [-0.05, 0) is 54.4 Å². The Labute approximate surface area is 217 Å². The van der Waals surface area contributed by atoms with Gasteiger partial charge >= 0.3 is 0 Å². The number of benzene rings is 2. The predicted molar refractivity (Wildman–Crippen MR) is 130 cm³/mol. The Hall–Kier alpha value is -3.46. The summed E-state index contributed by atoms with van der Waals surface area (Å²) in [4.78, 5) is 12.7. The van der Waals surface area contributed by atoms with Crippen LogP contribution in [0.2, 0.25) is 0 Å². The third kappa shape index (κ3) is 6.76. The molecule has 3 nitrogen and oxygen atoms in total. The molecule has 0 saturated carbocycles. The van der Waals surface area contributed by atoms with Crippen molar-refractivity contribution in [1.29, 1.82) is 0 Å². The molecule has 4 heteroatoms. The largest absolute Gasteiger partial charge is 0.305 e. The summed E-state index contributed by atoms with van der Waals surface area (Å²) in [6.07, 6.45) is 3.08. The molecule has 0 atom stereocenters. The van der Waals surface area contributed by atoms with Crippen LogP contribution in [0.5, 0.6) is 0 Å². The van der Waals surface area contributed by atoms with E-state index in [-0.39, 0.29) is 31.4 Å². The van der Waals surface area contributed by atoms with Crippen LogP contribution in [0.4, 0.5) is 0 Å². The van der Waals surface area contributed by atoms with E-state index in [9.17, 15) is 0 Å². The second-order valence-electron chi connectivity index (χ2n) is 6.82. The SMILES string of the molecule is [2H]C([2H])([2H])c1ccc(-c2[c-]cccc2)nc1.[2H]C([2H])([2H])c1cccc(-c2ccnc(-c3[c-]cccc3)c2)n1.[Ir]. The first kappa shape index (κ1) is 17.1. The van der Waals surface area contributed by atoms with Crippen LogP contribution in [-0.2, 0) is 20.1 Å². The molecule has 0 amide bonds. The molecule has 5 aromatic rings. The molecule has 0 aliphatic carbocycles. The van der Waals surface area contributed by atoms with Crippen molar-refractivity contribution in [3.05, 3.63) is 127 Å². The van der Waals surface area contributed by atoms with Crippen LogP contribution in [0, 0.1) is 25.8 Å². The molecule has 0 aliphatic heterocycles. The van der Waals surface area contributed by atoms with Crippen molar-refractivity contribution in [1.82, 2.24) is 15.0 Å². The number of pyridine rings is 3. The topological polar surface area (TPSA) is 38.7 Å². The fraction of sp³-hybridized carbons (Fsp3) is 0.0690. The van der Waals surface area contributed by atoms with E-state index in [1.54, 1.807) is 36.5 Å². The molecule has 3 heterocycles. The second kappa shape index (κ2) is 12.0. The zero-order chi connectivity index (χ0) is 27.2. The maximum Gasteiger partial charge on any atom is 0.0698 e. The van der Waals surface area contributed by atoms with E-state index in [0.29, 0.717) is 5.69 Å². The molecule has 165 valence electrons. The number of aryl methyl sites for hydroxylation is 2. The van der Waals surface area contributed by atoms with Gasteiger partial charge in [-0.1, -0.05) is 24.3 Å². The molecular weight excluding hydrogens is 583 g/mol. The third-order valence-electron chi connectivity index (χ3n) is 4.54. The van der Waals surface area contributed by atoms with Crippen molar-refractivity contribution in [2.75, 3.05) is 0 Å². The third-order valence-corrected chi connectivity index (χ3v) is 4.54. The number of nitrogens with zero attached hydrogens (tertiary/aromatic N) is 3. The Morgan fingerprint density at radius 2 is 1.48 bits per heavy atom. The molecule has 2 aromatic carbocycles. The molecule has 0 unspecified atom stereocenters. The predicted octanol–water partition coefficient (Wildman–Crippen LogP) is 6.77. The fourth-order valence-corrected chi connectivity index (χ4v) is 2.99. The molecule has 5 rings (SSSR count). The Morgan fingerprint density at radius 1 is 0.697 bits per heavy atom. The summed E-state index contributed by atoms with van der Waals surface area (Å²) in [5, 5.41) is 0. The zero-order valence-electron chi connectivity index (χ0n) is 23.5. The summed E-state index contributed by atoms with van der Waals surface area (Å²) in [5.41, 5.74) is 5.05. The van der Waals surface area contributed by atoms with Crippen molar-refractivity contribution in [2.45, 2.75) is 13.7 Å². The van der Waals surface area contributed by atoms with E-state index < -0.39 is 13.7 Å². The Morgan fingerprint density at radius 3 is 2.12 bits per heavy atom. The van der Waals surface area contributed by atoms with Crippen molar-refractivity contribution in [3.8, 4) is 33.8 Å². The fourth-order valence-electron chi connectivity index (χ4n) is 2.99. The molecular formula is C29H23IrN3-2. The average molecular weight is 612 g/mol. The summed E-state index contributed by atoms with van der Waals surface area (Å²) in [6.45, 7) is -4.30. The van der Waals surface area contributed by atoms with Crippen LogP contribution in [0.3, 0.4) is 0 Å². The van der Waals surface area contributed by atoms with E-state index in [2.05, 4.69) is 27.1 Å². The van der Waals surface area contributed by atoms with Gasteiger partial charge in [0.05, 0.1) is 5.69 Å². The van der Waals surface area contributed by atoms with E-state index in [4.69, 9.17) is 8.22 Å². The summed E-state index contributed by atoms with van der Waals surface area (Å²) < 4.78 is 44.1. The first-order valence-electron chi connectivity index (χ1n) is 13.0. The number of rotatable bonds is 3. The van der Waals surface area contributed by atoms with Gasteiger partial charge in [-0.3, -0.25) is 4.98 Å². The van der Waals surface area contributed by atoms with Gasteiger partial charge in [-0.2, -0.15) is 0 Å². The summed E-state index contributed by atoms with van der Waals surface area (Å²) >= 11 is 0. The van der Waals surface area contributed by atoms with Crippen LogP contribution in [-0.4, -0.2) is 15.0 Å². The molecule has 0 saturated heterocycles. The van der Waals surface area contributed by atoms with Crippen molar-refractivity contribution in [2.24, 2.45) is 0 Å². The van der Waals surface area contributed by atoms with Gasteiger partial charge in [0.2, 0.25) is 0 Å². The van der Waals surface area contributed by atoms with E-state index in [1.807, 2.05) is 54.6 Å². The van der Waals surface area contributed by atoms with Gasteiger partial charge in [-0.25, -0.2) is 0 Å². The molecule has 0 fully saturated rings. The minimum atomic E-state index is -2.21. The minimum absolute atomic E-state index is 0. The van der Waals surface area contributed by atoms with E-state index in [0.717, 1.165) is 28.1 Å². The first-order valence-corrected chi connectivity index (χ1v) is 9.96. The smallest absolute Gasteiger partial charge is 0.0698 e. The molecule has 0 N–H and O–H groups in total. The van der Waals surface area contributed by atoms with Crippen molar-refractivity contribution < 1.29 is 28.3 Å². The van der Waals surface area contributed by atoms with Gasteiger partial charge in [0, 0.05) is 46.4 Å². The summed E-state index contributed by atoms with van der Waals surface area (Å²) in [5.74, 6) is 0. The second-order valence-corrected chi connectivity index (χ2v) is 6.82. The van der Waals surface area contributed by atoms with Crippen LogP contribution in [0.1, 0.15) is 19.5 Å². The van der Waals surface area contributed by atoms with Gasteiger partial charge in [-0.15, -0.1) is 71.8 Å². The van der Waals surface area contributed by atoms with Crippen LogP contribution in [0.15, 0.2) is 103 Å². The van der Waals surface area contributed by atoms with Crippen molar-refractivity contribution >= 4 is 0 Å². The molecule has 33 heavy (non-hydrogen) atoms. The Kier molecular flexibility index (Phi) is 6.19. The maximum atomic E-state index is 7.46. The van der Waals surface area contributed by atoms with Crippen LogP contribution < -0.4 is 0 Å². The van der Waals surface area contributed by atoms with Crippen LogP contribution >= 0.6 is 0 Å². The van der Waals surface area contributed by atoms with Crippen LogP contribution in [0.25, 0.3) is 33.8 Å². The zero-order valence-corrected chi connectivity index (χ0v) is 19.9. The van der Waals surface area contributed by atoms with E-state index >= 15 is 0 Å². The molecule has 0 spiro atoms. The number of aromatic nitrogens is 3. The van der Waals surface area contributed by atoms with Crippen molar-refractivity contribution in [3.63, 3.8) is 0 Å². The monoisotopic (exact) mass is 612 g/mol. The molecule has 0 aliphatic rings. The molecule has 1 radical (unpaired) electrons. The van der Waals surface area contributed by atoms with Gasteiger partial charge < -0.3 is 9.97 Å². The molecule has 0 bridgehead atoms. The maximum absolute atomic E-state index is 7.46. The first-order chi connectivity index (χ1) is 18.1. The number of hydrogen-bond acceptors (Lipinski definition) is 3. The van der Waals surface area contributed by atoms with Gasteiger partial charge in [0.25, 0.3) is 0 Å². The number of hydrogen-bond donors (Lipinski definition) is 0. The van der Waals surface area contributed by atoms with Gasteiger partial charge in [0.1, 0.15) is 0 Å². The minimum Gasteiger partial charge on any atom is -0.305 e. The summed E-state index contributed by atoms with van der Waals surface area (Å²) in [6, 6.07) is 33.2. The van der Waals surface area contributed by atoms with E-state index in [1.165, 1.54) is 12.3 Å². The normalized spacial score (nSPS) is 13.3. The standard InChI is InChI=1S/C17H13N2.C12H10N.Ir/c1-13-6-5-9-16(19-13)15-10-11-18-17(12-15)14-7-3-2-4-8-14;1-10-7-8-12(13-9-10)11-5-3-2-4-6-11;/h2-7,9-12H,1H3;2-5,7-9H,1H3;/q2*-1;/i2*1D3;. The average Bonchev–Trinajstić information content (AvgIpc) is 2.94. The van der Waals surface area contributed by atoms with Gasteiger partial charge in [0.15, 0.2) is 0 Å². The Balaban J connectivity index is 0.000000220. The quantitative estimate of drug-likeness (QED) is 0.211. The molecule has 3 aromatic heterocycles.